The van der Waals surface area contributed by atoms with E-state index < -0.39 is 0 Å². The Balaban J connectivity index is 2.45. The Morgan fingerprint density at radius 1 is 1.11 bits per heavy atom. The van der Waals surface area contributed by atoms with Gasteiger partial charge in [0.2, 0.25) is 0 Å². The summed E-state index contributed by atoms with van der Waals surface area (Å²) in [6, 6.07) is 10.9. The Morgan fingerprint density at radius 3 is 2.53 bits per heavy atom. The van der Waals surface area contributed by atoms with Crippen molar-refractivity contribution in [3.05, 3.63) is 59.0 Å². The van der Waals surface area contributed by atoms with Crippen molar-refractivity contribution in [2.24, 2.45) is 0 Å². The minimum Gasteiger partial charge on any atom is -0.467 e. The molecule has 0 amide bonds. The Kier molecular flexibility index (Phi) is 4.80. The summed E-state index contributed by atoms with van der Waals surface area (Å²) in [5.74, 6) is 0.991. The van der Waals surface area contributed by atoms with Gasteiger partial charge in [-0.1, -0.05) is 39.0 Å². The lowest BCUT2D eigenvalue weighted by molar-refractivity contribution is 0.451. The number of furan rings is 1. The van der Waals surface area contributed by atoms with Crippen LogP contribution in [-0.4, -0.2) is 6.54 Å². The highest BCUT2D eigenvalue weighted by molar-refractivity contribution is 5.38. The zero-order valence-corrected chi connectivity index (χ0v) is 12.1. The molecule has 2 heteroatoms. The number of rotatable bonds is 6. The number of hydrogen-bond donors (Lipinski definition) is 1. The summed E-state index contributed by atoms with van der Waals surface area (Å²) in [7, 11) is 0. The van der Waals surface area contributed by atoms with Crippen LogP contribution in [0.4, 0.5) is 0 Å². The fourth-order valence-electron chi connectivity index (χ4n) is 2.48. The highest BCUT2D eigenvalue weighted by atomic mass is 16.3. The molecule has 0 aliphatic carbocycles. The molecule has 2 aromatic rings. The molecule has 1 unspecified atom stereocenters. The van der Waals surface area contributed by atoms with Crippen LogP contribution in [0.2, 0.25) is 0 Å². The van der Waals surface area contributed by atoms with E-state index in [0.29, 0.717) is 0 Å². The molecule has 1 aromatic carbocycles. The van der Waals surface area contributed by atoms with E-state index in [1.807, 2.05) is 12.1 Å². The molecule has 0 aliphatic rings. The zero-order valence-electron chi connectivity index (χ0n) is 12.1. The van der Waals surface area contributed by atoms with Crippen LogP contribution in [0.5, 0.6) is 0 Å². The van der Waals surface area contributed by atoms with Crippen LogP contribution < -0.4 is 5.32 Å². The van der Waals surface area contributed by atoms with E-state index >= 15 is 0 Å². The quantitative estimate of drug-likeness (QED) is 0.842. The lowest BCUT2D eigenvalue weighted by atomic mass is 9.94. The van der Waals surface area contributed by atoms with Gasteiger partial charge in [0.25, 0.3) is 0 Å². The van der Waals surface area contributed by atoms with Gasteiger partial charge in [0.1, 0.15) is 5.76 Å². The first-order valence-electron chi connectivity index (χ1n) is 7.18. The molecule has 0 spiro atoms. The van der Waals surface area contributed by atoms with Gasteiger partial charge < -0.3 is 9.73 Å². The highest BCUT2D eigenvalue weighted by Crippen LogP contribution is 2.27. The molecule has 0 bridgehead atoms. The third kappa shape index (κ3) is 3.07. The van der Waals surface area contributed by atoms with E-state index in [1.54, 1.807) is 6.26 Å². The molecule has 19 heavy (non-hydrogen) atoms. The Hall–Kier alpha value is -1.54. The first-order valence-corrected chi connectivity index (χ1v) is 7.18. The minimum atomic E-state index is 0.154. The Bertz CT molecular complexity index is 502. The largest absolute Gasteiger partial charge is 0.467 e. The van der Waals surface area contributed by atoms with Gasteiger partial charge in [-0.3, -0.25) is 0 Å². The summed E-state index contributed by atoms with van der Waals surface area (Å²) in [5.41, 5.74) is 4.11. The molecule has 2 rings (SSSR count). The minimum absolute atomic E-state index is 0.154. The van der Waals surface area contributed by atoms with Crippen LogP contribution in [-0.2, 0) is 12.8 Å². The van der Waals surface area contributed by atoms with Crippen molar-refractivity contribution in [1.29, 1.82) is 0 Å². The van der Waals surface area contributed by atoms with E-state index in [9.17, 15) is 0 Å². The summed E-state index contributed by atoms with van der Waals surface area (Å²) in [4.78, 5) is 0. The maximum atomic E-state index is 5.61. The third-order valence-corrected chi connectivity index (χ3v) is 3.55. The van der Waals surface area contributed by atoms with E-state index in [2.05, 4.69) is 44.3 Å². The van der Waals surface area contributed by atoms with E-state index in [4.69, 9.17) is 4.42 Å². The topological polar surface area (TPSA) is 25.2 Å². The van der Waals surface area contributed by atoms with Crippen LogP contribution in [0.1, 0.15) is 49.3 Å². The molecule has 0 saturated carbocycles. The van der Waals surface area contributed by atoms with E-state index in [0.717, 1.165) is 25.1 Å². The maximum absolute atomic E-state index is 5.61. The molecule has 0 aliphatic heterocycles. The smallest absolute Gasteiger partial charge is 0.125 e. The van der Waals surface area contributed by atoms with Crippen molar-refractivity contribution in [3.8, 4) is 0 Å². The molecule has 1 aromatic heterocycles. The summed E-state index contributed by atoms with van der Waals surface area (Å²) in [5, 5.41) is 3.53. The molecular weight excluding hydrogens is 234 g/mol. The molecule has 0 fully saturated rings. The first-order chi connectivity index (χ1) is 9.30. The van der Waals surface area contributed by atoms with Crippen molar-refractivity contribution in [2.75, 3.05) is 6.54 Å². The monoisotopic (exact) mass is 257 g/mol. The second kappa shape index (κ2) is 6.58. The predicted molar refractivity (Wildman–Crippen MR) is 79.4 cm³/mol. The number of aryl methyl sites for hydroxylation is 2. The Labute approximate surface area is 115 Å². The van der Waals surface area contributed by atoms with Crippen molar-refractivity contribution in [2.45, 2.75) is 39.7 Å². The SMILES string of the molecule is CCNC(c1ccco1)c1cc(CC)ccc1CC. The normalized spacial score (nSPS) is 12.6. The van der Waals surface area contributed by atoms with Crippen LogP contribution >= 0.6 is 0 Å². The second-order valence-electron chi connectivity index (χ2n) is 4.75. The summed E-state index contributed by atoms with van der Waals surface area (Å²) in [6.45, 7) is 7.45. The molecule has 0 radical (unpaired) electrons. The summed E-state index contributed by atoms with van der Waals surface area (Å²) >= 11 is 0. The highest BCUT2D eigenvalue weighted by Gasteiger charge is 2.18. The third-order valence-electron chi connectivity index (χ3n) is 3.55. The summed E-state index contributed by atoms with van der Waals surface area (Å²) < 4.78 is 5.61. The average Bonchev–Trinajstić information content (AvgIpc) is 2.98. The summed E-state index contributed by atoms with van der Waals surface area (Å²) in [6.07, 6.45) is 3.85. The van der Waals surface area contributed by atoms with Crippen LogP contribution in [0.25, 0.3) is 0 Å². The van der Waals surface area contributed by atoms with Gasteiger partial charge in [0.05, 0.1) is 12.3 Å². The second-order valence-corrected chi connectivity index (χ2v) is 4.75. The number of hydrogen-bond acceptors (Lipinski definition) is 2. The number of benzene rings is 1. The van der Waals surface area contributed by atoms with Gasteiger partial charge in [-0.15, -0.1) is 0 Å². The molecule has 2 nitrogen and oxygen atoms in total. The standard InChI is InChI=1S/C17H23NO/c1-4-13-9-10-14(5-2)15(12-13)17(18-6-3)16-8-7-11-19-16/h7-12,17-18H,4-6H2,1-3H3. The van der Waals surface area contributed by atoms with Crippen LogP contribution in [0.15, 0.2) is 41.0 Å². The van der Waals surface area contributed by atoms with E-state index in [-0.39, 0.29) is 6.04 Å². The fourth-order valence-corrected chi connectivity index (χ4v) is 2.48. The lowest BCUT2D eigenvalue weighted by Crippen LogP contribution is -2.22. The van der Waals surface area contributed by atoms with E-state index in [1.165, 1.54) is 16.7 Å². The first kappa shape index (κ1) is 13.9. The maximum Gasteiger partial charge on any atom is 0.125 e. The van der Waals surface area contributed by atoms with Gasteiger partial charge in [0, 0.05) is 0 Å². The van der Waals surface area contributed by atoms with Gasteiger partial charge in [-0.05, 0) is 48.2 Å². The Morgan fingerprint density at radius 2 is 1.95 bits per heavy atom. The average molecular weight is 257 g/mol. The van der Waals surface area contributed by atoms with Crippen molar-refractivity contribution < 1.29 is 4.42 Å². The zero-order chi connectivity index (χ0) is 13.7. The van der Waals surface area contributed by atoms with Crippen molar-refractivity contribution in [1.82, 2.24) is 5.32 Å². The number of nitrogens with one attached hydrogen (secondary N) is 1. The van der Waals surface area contributed by atoms with Crippen LogP contribution in [0.3, 0.4) is 0 Å². The van der Waals surface area contributed by atoms with Gasteiger partial charge >= 0.3 is 0 Å². The van der Waals surface area contributed by atoms with Crippen molar-refractivity contribution >= 4 is 0 Å². The molecule has 1 heterocycles. The molecule has 0 saturated heterocycles. The van der Waals surface area contributed by atoms with Gasteiger partial charge in [0.15, 0.2) is 0 Å². The van der Waals surface area contributed by atoms with Gasteiger partial charge in [-0.25, -0.2) is 0 Å². The fraction of sp³-hybridized carbons (Fsp3) is 0.412. The van der Waals surface area contributed by atoms with Crippen LogP contribution in [0, 0.1) is 0 Å². The lowest BCUT2D eigenvalue weighted by Gasteiger charge is -2.20. The molecular formula is C17H23NO. The van der Waals surface area contributed by atoms with Crippen molar-refractivity contribution in [3.63, 3.8) is 0 Å². The van der Waals surface area contributed by atoms with Gasteiger partial charge in [-0.2, -0.15) is 0 Å². The molecule has 102 valence electrons. The predicted octanol–water partition coefficient (Wildman–Crippen LogP) is 4.10. The molecule has 1 N–H and O–H groups in total. The molecule has 1 atom stereocenters.